The number of nitrogens with one attached hydrogen (secondary N) is 1. The number of primary amides is 1. The zero-order valence-corrected chi connectivity index (χ0v) is 13.5. The monoisotopic (exact) mass is 272 g/mol. The highest BCUT2D eigenvalue weighted by Crippen LogP contribution is 2.09. The highest BCUT2D eigenvalue weighted by molar-refractivity contribution is 5.84. The molecular weight excluding hydrogens is 240 g/mol. The van der Waals surface area contributed by atoms with Gasteiger partial charge in [-0.25, -0.2) is 0 Å². The average Bonchev–Trinajstić information content (AvgIpc) is 2.24. The summed E-state index contributed by atoms with van der Waals surface area (Å²) in [6.45, 7) is 11.7. The molecule has 0 spiro atoms. The standard InChI is InChI=1S/C14H32N4O/c1-7-8-18(10-9-17(5)6)11-14(4,13(15)19)16-12(2)3/h12,16H,7-11H2,1-6H3,(H2,15,19). The third-order valence-corrected chi connectivity index (χ3v) is 3.09. The summed E-state index contributed by atoms with van der Waals surface area (Å²) in [5.41, 5.74) is 4.91. The van der Waals surface area contributed by atoms with Gasteiger partial charge in [0.2, 0.25) is 5.91 Å². The van der Waals surface area contributed by atoms with Crippen LogP contribution in [0, 0.1) is 0 Å². The van der Waals surface area contributed by atoms with E-state index >= 15 is 0 Å². The first-order chi connectivity index (χ1) is 8.71. The second-order valence-corrected chi connectivity index (χ2v) is 6.07. The van der Waals surface area contributed by atoms with Crippen LogP contribution in [-0.4, -0.2) is 67.6 Å². The van der Waals surface area contributed by atoms with Crippen molar-refractivity contribution in [1.29, 1.82) is 0 Å². The average molecular weight is 272 g/mol. The minimum Gasteiger partial charge on any atom is -0.368 e. The summed E-state index contributed by atoms with van der Waals surface area (Å²) < 4.78 is 0. The lowest BCUT2D eigenvalue weighted by atomic mass is 9.99. The van der Waals surface area contributed by atoms with Crippen molar-refractivity contribution in [2.24, 2.45) is 5.73 Å². The molecule has 0 saturated heterocycles. The number of carbonyl (C=O) groups is 1. The van der Waals surface area contributed by atoms with Crippen molar-refractivity contribution in [2.75, 3.05) is 40.3 Å². The Morgan fingerprint density at radius 1 is 1.26 bits per heavy atom. The maximum absolute atomic E-state index is 11.8. The molecule has 114 valence electrons. The molecule has 5 nitrogen and oxygen atoms in total. The van der Waals surface area contributed by atoms with E-state index in [1.807, 2.05) is 20.8 Å². The van der Waals surface area contributed by atoms with Crippen molar-refractivity contribution in [1.82, 2.24) is 15.1 Å². The van der Waals surface area contributed by atoms with Gasteiger partial charge in [-0.2, -0.15) is 0 Å². The van der Waals surface area contributed by atoms with Crippen LogP contribution in [-0.2, 0) is 4.79 Å². The van der Waals surface area contributed by atoms with Gasteiger partial charge >= 0.3 is 0 Å². The molecule has 0 aliphatic carbocycles. The summed E-state index contributed by atoms with van der Waals surface area (Å²) in [5.74, 6) is -0.285. The van der Waals surface area contributed by atoms with Crippen molar-refractivity contribution in [3.63, 3.8) is 0 Å². The first kappa shape index (κ1) is 18.4. The molecule has 0 aromatic rings. The zero-order valence-electron chi connectivity index (χ0n) is 13.5. The lowest BCUT2D eigenvalue weighted by Crippen LogP contribution is -2.61. The maximum atomic E-state index is 11.8. The van der Waals surface area contributed by atoms with Gasteiger partial charge in [-0.1, -0.05) is 6.92 Å². The number of nitrogens with two attached hydrogens (primary N) is 1. The van der Waals surface area contributed by atoms with Crippen LogP contribution in [0.25, 0.3) is 0 Å². The topological polar surface area (TPSA) is 61.6 Å². The minimum atomic E-state index is -0.671. The molecule has 0 fully saturated rings. The Hall–Kier alpha value is -0.650. The van der Waals surface area contributed by atoms with Crippen molar-refractivity contribution in [3.8, 4) is 0 Å². The molecule has 0 heterocycles. The van der Waals surface area contributed by atoms with Gasteiger partial charge in [0.1, 0.15) is 5.54 Å². The van der Waals surface area contributed by atoms with Gasteiger partial charge in [-0.3, -0.25) is 9.69 Å². The number of hydrogen-bond acceptors (Lipinski definition) is 4. The molecule has 0 aromatic carbocycles. The largest absolute Gasteiger partial charge is 0.368 e. The molecule has 0 rings (SSSR count). The summed E-state index contributed by atoms with van der Waals surface area (Å²) in [7, 11) is 4.12. The summed E-state index contributed by atoms with van der Waals surface area (Å²) >= 11 is 0. The lowest BCUT2D eigenvalue weighted by Gasteiger charge is -2.35. The van der Waals surface area contributed by atoms with Crippen molar-refractivity contribution in [2.45, 2.75) is 45.7 Å². The molecule has 1 atom stereocenters. The highest BCUT2D eigenvalue weighted by atomic mass is 16.1. The third-order valence-electron chi connectivity index (χ3n) is 3.09. The fourth-order valence-corrected chi connectivity index (χ4v) is 2.21. The first-order valence-corrected chi connectivity index (χ1v) is 7.16. The van der Waals surface area contributed by atoms with E-state index in [0.717, 1.165) is 26.1 Å². The SMILES string of the molecule is CCCN(CCN(C)C)CC(C)(NC(C)C)C(N)=O. The molecule has 1 unspecified atom stereocenters. The summed E-state index contributed by atoms with van der Waals surface area (Å²) in [6, 6.07) is 0.231. The molecule has 0 aliphatic heterocycles. The second-order valence-electron chi connectivity index (χ2n) is 6.07. The van der Waals surface area contributed by atoms with E-state index in [2.05, 4.69) is 36.1 Å². The molecule has 3 N–H and O–H groups in total. The normalized spacial score (nSPS) is 15.2. The Balaban J connectivity index is 4.68. The summed E-state index contributed by atoms with van der Waals surface area (Å²) in [6.07, 6.45) is 1.07. The number of hydrogen-bond donors (Lipinski definition) is 2. The maximum Gasteiger partial charge on any atom is 0.238 e. The van der Waals surface area contributed by atoms with Crippen LogP contribution in [0.15, 0.2) is 0 Å². The number of carbonyl (C=O) groups excluding carboxylic acids is 1. The molecule has 5 heteroatoms. The number of rotatable bonds is 10. The van der Waals surface area contributed by atoms with E-state index in [0.29, 0.717) is 6.54 Å². The van der Waals surface area contributed by atoms with Crippen LogP contribution in [0.1, 0.15) is 34.1 Å². The zero-order chi connectivity index (χ0) is 15.1. The van der Waals surface area contributed by atoms with Gasteiger partial charge in [0.25, 0.3) is 0 Å². The van der Waals surface area contributed by atoms with E-state index in [4.69, 9.17) is 5.73 Å². The Kier molecular flexibility index (Phi) is 8.22. The predicted octanol–water partition coefficient (Wildman–Crippen LogP) is 0.502. The van der Waals surface area contributed by atoms with Crippen LogP contribution in [0.2, 0.25) is 0 Å². The van der Waals surface area contributed by atoms with Crippen molar-refractivity contribution >= 4 is 5.91 Å². The van der Waals surface area contributed by atoms with Gasteiger partial charge in [0.05, 0.1) is 0 Å². The first-order valence-electron chi connectivity index (χ1n) is 7.16. The smallest absolute Gasteiger partial charge is 0.238 e. The highest BCUT2D eigenvalue weighted by Gasteiger charge is 2.33. The molecule has 1 amide bonds. The lowest BCUT2D eigenvalue weighted by molar-refractivity contribution is -0.124. The fraction of sp³-hybridized carbons (Fsp3) is 0.929. The number of amides is 1. The van der Waals surface area contributed by atoms with E-state index in [1.54, 1.807) is 0 Å². The Morgan fingerprint density at radius 2 is 1.84 bits per heavy atom. The third kappa shape index (κ3) is 7.50. The van der Waals surface area contributed by atoms with Crippen LogP contribution >= 0.6 is 0 Å². The fourth-order valence-electron chi connectivity index (χ4n) is 2.21. The number of nitrogens with zero attached hydrogens (tertiary/aromatic N) is 2. The summed E-state index contributed by atoms with van der Waals surface area (Å²) in [5, 5.41) is 3.30. The van der Waals surface area contributed by atoms with E-state index in [9.17, 15) is 4.79 Å². The van der Waals surface area contributed by atoms with Crippen LogP contribution in [0.5, 0.6) is 0 Å². The Morgan fingerprint density at radius 3 is 2.21 bits per heavy atom. The molecular formula is C14H32N4O. The van der Waals surface area contributed by atoms with Gasteiger partial charge in [-0.15, -0.1) is 0 Å². The van der Waals surface area contributed by atoms with Crippen LogP contribution in [0.4, 0.5) is 0 Å². The molecule has 0 aromatic heterocycles. The van der Waals surface area contributed by atoms with Crippen LogP contribution in [0.3, 0.4) is 0 Å². The molecule has 0 bridgehead atoms. The molecule has 19 heavy (non-hydrogen) atoms. The van der Waals surface area contributed by atoms with Gasteiger partial charge < -0.3 is 16.0 Å². The van der Waals surface area contributed by atoms with Crippen LogP contribution < -0.4 is 11.1 Å². The van der Waals surface area contributed by atoms with Gasteiger partial charge in [0.15, 0.2) is 0 Å². The Labute approximate surface area is 118 Å². The quantitative estimate of drug-likeness (QED) is 0.608. The Bertz CT molecular complexity index is 268. The summed E-state index contributed by atoms with van der Waals surface area (Å²) in [4.78, 5) is 16.2. The van der Waals surface area contributed by atoms with E-state index < -0.39 is 5.54 Å². The van der Waals surface area contributed by atoms with E-state index in [-0.39, 0.29) is 11.9 Å². The van der Waals surface area contributed by atoms with Gasteiger partial charge in [0, 0.05) is 25.7 Å². The predicted molar refractivity (Wildman–Crippen MR) is 81.2 cm³/mol. The van der Waals surface area contributed by atoms with Gasteiger partial charge in [-0.05, 0) is 47.8 Å². The number of likely N-dealkylation sites (N-methyl/N-ethyl adjacent to an activating group) is 1. The minimum absolute atomic E-state index is 0.231. The van der Waals surface area contributed by atoms with Crippen molar-refractivity contribution in [3.05, 3.63) is 0 Å². The van der Waals surface area contributed by atoms with E-state index in [1.165, 1.54) is 0 Å². The van der Waals surface area contributed by atoms with Crippen molar-refractivity contribution < 1.29 is 4.79 Å². The molecule has 0 radical (unpaired) electrons. The molecule has 0 aliphatic rings. The second kappa shape index (κ2) is 8.51. The molecule has 0 saturated carbocycles.